The Hall–Kier alpha value is -3.12. The van der Waals surface area contributed by atoms with Crippen LogP contribution in [0.2, 0.25) is 5.02 Å². The number of carbonyl (C=O) groups excluding carboxylic acids is 1. The van der Waals surface area contributed by atoms with Crippen molar-refractivity contribution in [1.82, 2.24) is 19.6 Å². The van der Waals surface area contributed by atoms with Crippen LogP contribution in [-0.2, 0) is 13.6 Å². The summed E-state index contributed by atoms with van der Waals surface area (Å²) in [6, 6.07) is 14.4. The first-order valence-electron chi connectivity index (χ1n) is 8.10. The molecule has 0 bridgehead atoms. The smallest absolute Gasteiger partial charge is 0.277 e. The van der Waals surface area contributed by atoms with Gasteiger partial charge in [-0.15, -0.1) is 0 Å². The standard InChI is InChI=1S/C19H16ClN5O/c1-24-12-17(20)18(23-24)19(26)22-15-9-21-25(11-15)10-14-7-4-6-13-5-2-3-8-16(13)14/h2-9,11-12H,10H2,1H3,(H,22,26). The molecule has 0 aliphatic carbocycles. The highest BCUT2D eigenvalue weighted by molar-refractivity contribution is 6.34. The van der Waals surface area contributed by atoms with E-state index in [0.717, 1.165) is 5.56 Å². The topological polar surface area (TPSA) is 64.7 Å². The molecule has 130 valence electrons. The predicted molar refractivity (Wildman–Crippen MR) is 101 cm³/mol. The lowest BCUT2D eigenvalue weighted by atomic mass is 10.0. The highest BCUT2D eigenvalue weighted by atomic mass is 35.5. The summed E-state index contributed by atoms with van der Waals surface area (Å²) in [5, 5.41) is 13.9. The van der Waals surface area contributed by atoms with Gasteiger partial charge in [-0.1, -0.05) is 54.1 Å². The first-order chi connectivity index (χ1) is 12.6. The van der Waals surface area contributed by atoms with E-state index >= 15 is 0 Å². The number of nitrogens with one attached hydrogen (secondary N) is 1. The molecule has 0 atom stereocenters. The maximum atomic E-state index is 12.3. The normalized spacial score (nSPS) is 11.0. The number of anilines is 1. The van der Waals surface area contributed by atoms with Gasteiger partial charge in [0.1, 0.15) is 0 Å². The van der Waals surface area contributed by atoms with Crippen molar-refractivity contribution < 1.29 is 4.79 Å². The molecule has 0 aliphatic heterocycles. The van der Waals surface area contributed by atoms with Gasteiger partial charge in [-0.05, 0) is 16.3 Å². The second-order valence-electron chi connectivity index (χ2n) is 6.02. The van der Waals surface area contributed by atoms with Gasteiger partial charge < -0.3 is 5.32 Å². The van der Waals surface area contributed by atoms with Crippen molar-refractivity contribution in [2.75, 3.05) is 5.32 Å². The minimum atomic E-state index is -0.361. The number of fused-ring (bicyclic) bond motifs is 1. The van der Waals surface area contributed by atoms with Crippen LogP contribution in [0.4, 0.5) is 5.69 Å². The molecule has 2 aromatic heterocycles. The van der Waals surface area contributed by atoms with Gasteiger partial charge in [0.2, 0.25) is 0 Å². The van der Waals surface area contributed by atoms with Crippen LogP contribution in [0.3, 0.4) is 0 Å². The summed E-state index contributed by atoms with van der Waals surface area (Å²) in [5.41, 5.74) is 1.95. The number of rotatable bonds is 4. The molecule has 4 aromatic rings. The van der Waals surface area contributed by atoms with Crippen LogP contribution >= 0.6 is 11.6 Å². The maximum Gasteiger partial charge on any atom is 0.277 e. The molecule has 1 N–H and O–H groups in total. The second kappa shape index (κ2) is 6.65. The first-order valence-corrected chi connectivity index (χ1v) is 8.47. The fraction of sp³-hybridized carbons (Fsp3) is 0.105. The molecule has 0 unspecified atom stereocenters. The van der Waals surface area contributed by atoms with Gasteiger partial charge in [-0.2, -0.15) is 10.2 Å². The monoisotopic (exact) mass is 365 g/mol. The van der Waals surface area contributed by atoms with Gasteiger partial charge >= 0.3 is 0 Å². The Kier molecular flexibility index (Phi) is 4.18. The molecule has 7 heteroatoms. The van der Waals surface area contributed by atoms with Crippen molar-refractivity contribution in [2.45, 2.75) is 6.54 Å². The van der Waals surface area contributed by atoms with Crippen LogP contribution in [0, 0.1) is 0 Å². The molecule has 0 saturated heterocycles. The average molecular weight is 366 g/mol. The molecular formula is C19H16ClN5O. The molecule has 26 heavy (non-hydrogen) atoms. The number of aryl methyl sites for hydroxylation is 1. The summed E-state index contributed by atoms with van der Waals surface area (Å²) in [6.07, 6.45) is 4.98. The Morgan fingerprint density at radius 1 is 1.15 bits per heavy atom. The molecule has 0 radical (unpaired) electrons. The van der Waals surface area contributed by atoms with Crippen molar-refractivity contribution in [2.24, 2.45) is 7.05 Å². The number of carbonyl (C=O) groups is 1. The molecule has 2 heterocycles. The number of hydrogen-bond donors (Lipinski definition) is 1. The largest absolute Gasteiger partial charge is 0.318 e. The molecule has 0 saturated carbocycles. The van der Waals surface area contributed by atoms with Crippen molar-refractivity contribution in [3.8, 4) is 0 Å². The number of halogens is 1. The summed E-state index contributed by atoms with van der Waals surface area (Å²) in [5.74, 6) is -0.361. The third-order valence-electron chi connectivity index (χ3n) is 4.10. The van der Waals surface area contributed by atoms with Crippen LogP contribution in [0.15, 0.2) is 61.1 Å². The number of hydrogen-bond acceptors (Lipinski definition) is 3. The van der Waals surface area contributed by atoms with E-state index in [2.05, 4.69) is 39.8 Å². The lowest BCUT2D eigenvalue weighted by Gasteiger charge is -2.06. The van der Waals surface area contributed by atoms with E-state index in [1.807, 2.05) is 18.2 Å². The SMILES string of the molecule is Cn1cc(Cl)c(C(=O)Nc2cnn(Cc3cccc4ccccc34)c2)n1. The minimum absolute atomic E-state index is 0.191. The number of benzene rings is 2. The Morgan fingerprint density at radius 3 is 2.77 bits per heavy atom. The Morgan fingerprint density at radius 2 is 1.96 bits per heavy atom. The summed E-state index contributed by atoms with van der Waals surface area (Å²) in [4.78, 5) is 12.3. The first kappa shape index (κ1) is 16.4. The molecule has 0 aliphatic rings. The zero-order valence-corrected chi connectivity index (χ0v) is 14.8. The molecule has 4 rings (SSSR count). The second-order valence-corrected chi connectivity index (χ2v) is 6.43. The van der Waals surface area contributed by atoms with Gasteiger partial charge in [0.05, 0.1) is 23.5 Å². The third-order valence-corrected chi connectivity index (χ3v) is 4.38. The zero-order valence-electron chi connectivity index (χ0n) is 14.1. The van der Waals surface area contributed by atoms with Crippen molar-refractivity contribution in [3.05, 3.63) is 77.3 Å². The average Bonchev–Trinajstić information content (AvgIpc) is 3.21. The van der Waals surface area contributed by atoms with Crippen LogP contribution in [0.1, 0.15) is 16.1 Å². The fourth-order valence-corrected chi connectivity index (χ4v) is 3.19. The van der Waals surface area contributed by atoms with E-state index < -0.39 is 0 Å². The van der Waals surface area contributed by atoms with Gasteiger partial charge in [0.25, 0.3) is 5.91 Å². The van der Waals surface area contributed by atoms with E-state index in [9.17, 15) is 4.79 Å². The predicted octanol–water partition coefficient (Wildman–Crippen LogP) is 3.72. The Balaban J connectivity index is 1.53. The molecular weight excluding hydrogens is 350 g/mol. The molecule has 2 aromatic carbocycles. The minimum Gasteiger partial charge on any atom is -0.318 e. The molecule has 0 spiro atoms. The van der Waals surface area contributed by atoms with Crippen LogP contribution in [0.25, 0.3) is 10.8 Å². The summed E-state index contributed by atoms with van der Waals surface area (Å²) < 4.78 is 3.29. The summed E-state index contributed by atoms with van der Waals surface area (Å²) in [7, 11) is 1.71. The van der Waals surface area contributed by atoms with Crippen molar-refractivity contribution in [1.29, 1.82) is 0 Å². The lowest BCUT2D eigenvalue weighted by molar-refractivity contribution is 0.102. The van der Waals surface area contributed by atoms with Crippen molar-refractivity contribution >= 4 is 34.0 Å². The van der Waals surface area contributed by atoms with Gasteiger partial charge in [0.15, 0.2) is 5.69 Å². The van der Waals surface area contributed by atoms with Crippen LogP contribution in [0.5, 0.6) is 0 Å². The lowest BCUT2D eigenvalue weighted by Crippen LogP contribution is -2.13. The van der Waals surface area contributed by atoms with Gasteiger partial charge in [0, 0.05) is 19.4 Å². The van der Waals surface area contributed by atoms with Crippen LogP contribution in [-0.4, -0.2) is 25.5 Å². The van der Waals surface area contributed by atoms with E-state index in [0.29, 0.717) is 17.3 Å². The molecule has 1 amide bonds. The quantitative estimate of drug-likeness (QED) is 0.599. The summed E-state index contributed by atoms with van der Waals surface area (Å²) >= 11 is 6.01. The van der Waals surface area contributed by atoms with E-state index in [1.165, 1.54) is 15.5 Å². The highest BCUT2D eigenvalue weighted by Crippen LogP contribution is 2.20. The fourth-order valence-electron chi connectivity index (χ4n) is 2.92. The van der Waals surface area contributed by atoms with E-state index in [4.69, 9.17) is 11.6 Å². The van der Waals surface area contributed by atoms with Gasteiger partial charge in [-0.25, -0.2) is 0 Å². The zero-order chi connectivity index (χ0) is 18.1. The number of nitrogens with zero attached hydrogens (tertiary/aromatic N) is 4. The van der Waals surface area contributed by atoms with Gasteiger partial charge in [-0.3, -0.25) is 14.2 Å². The number of aromatic nitrogens is 4. The number of amides is 1. The third kappa shape index (κ3) is 3.19. The Bertz CT molecular complexity index is 1090. The van der Waals surface area contributed by atoms with E-state index in [-0.39, 0.29) is 11.6 Å². The molecule has 0 fully saturated rings. The van der Waals surface area contributed by atoms with E-state index in [1.54, 1.807) is 30.3 Å². The highest BCUT2D eigenvalue weighted by Gasteiger charge is 2.15. The molecule has 6 nitrogen and oxygen atoms in total. The van der Waals surface area contributed by atoms with Crippen LogP contribution < -0.4 is 5.32 Å². The summed E-state index contributed by atoms with van der Waals surface area (Å²) in [6.45, 7) is 0.613. The Labute approximate surface area is 155 Å². The maximum absolute atomic E-state index is 12.3. The van der Waals surface area contributed by atoms with Crippen molar-refractivity contribution in [3.63, 3.8) is 0 Å².